The molecule has 0 radical (unpaired) electrons. The summed E-state index contributed by atoms with van der Waals surface area (Å²) in [5.41, 5.74) is 0.307. The molecule has 0 saturated heterocycles. The van der Waals surface area contributed by atoms with Crippen molar-refractivity contribution in [3.8, 4) is 5.75 Å². The van der Waals surface area contributed by atoms with E-state index in [2.05, 4.69) is 0 Å². The third-order valence-electron chi connectivity index (χ3n) is 1.48. The third-order valence-corrected chi connectivity index (χ3v) is 1.48. The predicted octanol–water partition coefficient (Wildman–Crippen LogP) is 1.65. The molecule has 0 spiro atoms. The number of carbonyl (C=O) groups excluding carboxylic acids is 1. The number of hydrogen-bond acceptors (Lipinski definition) is 2. The van der Waals surface area contributed by atoms with Crippen LogP contribution in [0.4, 0.5) is 4.39 Å². The molecule has 0 aliphatic rings. The van der Waals surface area contributed by atoms with Crippen molar-refractivity contribution >= 4 is 6.29 Å². The molecule has 2 nitrogen and oxygen atoms in total. The molecule has 0 unspecified atom stereocenters. The second-order valence-electron chi connectivity index (χ2n) is 2.26. The first-order chi connectivity index (χ1) is 5.15. The van der Waals surface area contributed by atoms with E-state index in [1.165, 1.54) is 13.0 Å². The lowest BCUT2D eigenvalue weighted by Gasteiger charge is -1.99. The number of aromatic hydroxyl groups is 1. The summed E-state index contributed by atoms with van der Waals surface area (Å²) in [4.78, 5) is 10.1. The summed E-state index contributed by atoms with van der Waals surface area (Å²) in [5, 5.41) is 9.01. The maximum atomic E-state index is 12.7. The summed E-state index contributed by atoms with van der Waals surface area (Å²) in [5.74, 6) is -0.751. The highest BCUT2D eigenvalue weighted by molar-refractivity contribution is 5.75. The lowest BCUT2D eigenvalue weighted by Crippen LogP contribution is -1.87. The molecule has 3 heteroatoms. The van der Waals surface area contributed by atoms with Gasteiger partial charge in [0, 0.05) is 11.1 Å². The van der Waals surface area contributed by atoms with Crippen LogP contribution in [0.15, 0.2) is 12.1 Å². The Kier molecular flexibility index (Phi) is 1.89. The second-order valence-corrected chi connectivity index (χ2v) is 2.26. The first-order valence-corrected chi connectivity index (χ1v) is 3.09. The van der Waals surface area contributed by atoms with Crippen molar-refractivity contribution in [2.24, 2.45) is 0 Å². The molecule has 0 heterocycles. The molecule has 0 amide bonds. The minimum absolute atomic E-state index is 0.144. The maximum absolute atomic E-state index is 12.7. The van der Waals surface area contributed by atoms with E-state index in [-0.39, 0.29) is 16.9 Å². The summed E-state index contributed by atoms with van der Waals surface area (Å²) in [6.45, 7) is 1.44. The van der Waals surface area contributed by atoms with Crippen molar-refractivity contribution in [1.29, 1.82) is 0 Å². The maximum Gasteiger partial charge on any atom is 0.150 e. The number of phenolic OH excluding ortho intramolecular Hbond substituents is 1. The monoisotopic (exact) mass is 154 g/mol. The smallest absolute Gasteiger partial charge is 0.150 e. The fourth-order valence-electron chi connectivity index (χ4n) is 0.753. The molecule has 1 aromatic carbocycles. The molecule has 1 rings (SSSR count). The van der Waals surface area contributed by atoms with Crippen molar-refractivity contribution in [1.82, 2.24) is 0 Å². The van der Waals surface area contributed by atoms with Gasteiger partial charge in [-0.3, -0.25) is 4.79 Å². The van der Waals surface area contributed by atoms with Gasteiger partial charge in [-0.1, -0.05) is 0 Å². The molecule has 0 atom stereocenters. The van der Waals surface area contributed by atoms with Crippen LogP contribution in [0.25, 0.3) is 0 Å². The van der Waals surface area contributed by atoms with E-state index >= 15 is 0 Å². The van der Waals surface area contributed by atoms with Crippen molar-refractivity contribution < 1.29 is 14.3 Å². The molecule has 58 valence electrons. The fraction of sp³-hybridized carbons (Fsp3) is 0.125. The summed E-state index contributed by atoms with van der Waals surface area (Å²) in [7, 11) is 0. The molecule has 1 aromatic rings. The zero-order chi connectivity index (χ0) is 8.43. The van der Waals surface area contributed by atoms with Gasteiger partial charge in [-0.25, -0.2) is 4.39 Å². The largest absolute Gasteiger partial charge is 0.508 e. The number of phenols is 1. The lowest BCUT2D eigenvalue weighted by molar-refractivity contribution is 0.112. The topological polar surface area (TPSA) is 37.3 Å². The number of benzene rings is 1. The molecule has 0 saturated carbocycles. The van der Waals surface area contributed by atoms with Crippen LogP contribution in [0.2, 0.25) is 0 Å². The van der Waals surface area contributed by atoms with E-state index in [9.17, 15) is 9.18 Å². The Morgan fingerprint density at radius 2 is 2.18 bits per heavy atom. The Balaban J connectivity index is 3.31. The zero-order valence-electron chi connectivity index (χ0n) is 5.97. The van der Waals surface area contributed by atoms with Gasteiger partial charge in [-0.15, -0.1) is 0 Å². The molecule has 0 fully saturated rings. The van der Waals surface area contributed by atoms with Crippen LogP contribution in [0.1, 0.15) is 15.9 Å². The Bertz CT molecular complexity index is 271. The standard InChI is InChI=1S/C8H7FO2/c1-5-7(9)2-6(4-10)3-8(5)11/h2-4,11H,1H3. The van der Waals surface area contributed by atoms with Gasteiger partial charge in [0.15, 0.2) is 0 Å². The highest BCUT2D eigenvalue weighted by atomic mass is 19.1. The Labute approximate surface area is 63.3 Å². The first-order valence-electron chi connectivity index (χ1n) is 3.09. The summed E-state index contributed by atoms with van der Waals surface area (Å²) < 4.78 is 12.7. The average molecular weight is 154 g/mol. The lowest BCUT2D eigenvalue weighted by atomic mass is 10.1. The SMILES string of the molecule is Cc1c(O)cc(C=O)cc1F. The van der Waals surface area contributed by atoms with Crippen LogP contribution in [-0.2, 0) is 0 Å². The number of aldehydes is 1. The van der Waals surface area contributed by atoms with Gasteiger partial charge in [0.05, 0.1) is 0 Å². The van der Waals surface area contributed by atoms with Gasteiger partial charge in [0.1, 0.15) is 17.9 Å². The van der Waals surface area contributed by atoms with E-state index < -0.39 is 5.82 Å². The van der Waals surface area contributed by atoms with Crippen molar-refractivity contribution in [3.05, 3.63) is 29.1 Å². The molecule has 0 bridgehead atoms. The molecular weight excluding hydrogens is 147 g/mol. The number of halogens is 1. The molecule has 0 aromatic heterocycles. The van der Waals surface area contributed by atoms with E-state index in [0.29, 0.717) is 6.29 Å². The molecule has 0 aliphatic heterocycles. The summed E-state index contributed by atoms with van der Waals surface area (Å²) in [6, 6.07) is 2.31. The quantitative estimate of drug-likeness (QED) is 0.624. The third kappa shape index (κ3) is 1.37. The summed E-state index contributed by atoms with van der Waals surface area (Å²) >= 11 is 0. The molecule has 1 N–H and O–H groups in total. The minimum atomic E-state index is -0.563. The van der Waals surface area contributed by atoms with Crippen LogP contribution in [0.5, 0.6) is 5.75 Å². The number of hydrogen-bond donors (Lipinski definition) is 1. The Hall–Kier alpha value is -1.38. The van der Waals surface area contributed by atoms with E-state index in [1.54, 1.807) is 0 Å². The van der Waals surface area contributed by atoms with Gasteiger partial charge in [-0.2, -0.15) is 0 Å². The predicted molar refractivity (Wildman–Crippen MR) is 38.2 cm³/mol. The van der Waals surface area contributed by atoms with Crippen molar-refractivity contribution in [3.63, 3.8) is 0 Å². The van der Waals surface area contributed by atoms with Crippen LogP contribution in [0, 0.1) is 12.7 Å². The van der Waals surface area contributed by atoms with Crippen molar-refractivity contribution in [2.75, 3.05) is 0 Å². The highest BCUT2D eigenvalue weighted by Gasteiger charge is 2.04. The number of carbonyl (C=O) groups is 1. The van der Waals surface area contributed by atoms with Gasteiger partial charge < -0.3 is 5.11 Å². The van der Waals surface area contributed by atoms with E-state index in [4.69, 9.17) is 5.11 Å². The van der Waals surface area contributed by atoms with Gasteiger partial charge in [-0.05, 0) is 19.1 Å². The average Bonchev–Trinajstić information content (AvgIpc) is 1.99. The van der Waals surface area contributed by atoms with Crippen LogP contribution in [-0.4, -0.2) is 11.4 Å². The van der Waals surface area contributed by atoms with E-state index in [1.807, 2.05) is 0 Å². The Morgan fingerprint density at radius 3 is 2.64 bits per heavy atom. The van der Waals surface area contributed by atoms with Crippen molar-refractivity contribution in [2.45, 2.75) is 6.92 Å². The molecular formula is C8H7FO2. The number of rotatable bonds is 1. The van der Waals surface area contributed by atoms with Gasteiger partial charge >= 0.3 is 0 Å². The highest BCUT2D eigenvalue weighted by Crippen LogP contribution is 2.20. The minimum Gasteiger partial charge on any atom is -0.508 e. The van der Waals surface area contributed by atoms with Crippen LogP contribution >= 0.6 is 0 Å². The Morgan fingerprint density at radius 1 is 1.55 bits per heavy atom. The van der Waals surface area contributed by atoms with Crippen LogP contribution < -0.4 is 0 Å². The fourth-order valence-corrected chi connectivity index (χ4v) is 0.753. The normalized spacial score (nSPS) is 9.64. The van der Waals surface area contributed by atoms with Crippen LogP contribution in [0.3, 0.4) is 0 Å². The molecule has 0 aliphatic carbocycles. The second kappa shape index (κ2) is 2.70. The van der Waals surface area contributed by atoms with Gasteiger partial charge in [0.2, 0.25) is 0 Å². The summed E-state index contributed by atoms with van der Waals surface area (Å²) in [6.07, 6.45) is 0.488. The van der Waals surface area contributed by atoms with Gasteiger partial charge in [0.25, 0.3) is 0 Å². The molecule has 11 heavy (non-hydrogen) atoms. The first kappa shape index (κ1) is 7.72. The zero-order valence-corrected chi connectivity index (χ0v) is 5.97. The van der Waals surface area contributed by atoms with E-state index in [0.717, 1.165) is 6.07 Å².